The van der Waals surface area contributed by atoms with E-state index in [1.807, 2.05) is 0 Å². The molecule has 0 spiro atoms. The SMILES string of the molecule is CC(CN)N(C1CCCC1)C1CC1. The average molecular weight is 182 g/mol. The molecule has 2 aliphatic carbocycles. The molecule has 0 amide bonds. The molecular weight excluding hydrogens is 160 g/mol. The van der Waals surface area contributed by atoms with Gasteiger partial charge in [0.2, 0.25) is 0 Å². The summed E-state index contributed by atoms with van der Waals surface area (Å²) in [6.07, 6.45) is 8.54. The predicted molar refractivity (Wildman–Crippen MR) is 55.6 cm³/mol. The summed E-state index contributed by atoms with van der Waals surface area (Å²) in [5.74, 6) is 0. The van der Waals surface area contributed by atoms with Crippen LogP contribution in [0.25, 0.3) is 0 Å². The second-order valence-corrected chi connectivity index (χ2v) is 4.70. The van der Waals surface area contributed by atoms with Gasteiger partial charge in [0.05, 0.1) is 0 Å². The first-order chi connectivity index (χ1) is 6.33. The molecule has 2 heteroatoms. The third-order valence-electron chi connectivity index (χ3n) is 3.56. The second kappa shape index (κ2) is 3.97. The van der Waals surface area contributed by atoms with Gasteiger partial charge in [-0.2, -0.15) is 0 Å². The molecule has 0 heterocycles. The smallest absolute Gasteiger partial charge is 0.0195 e. The normalized spacial score (nSPS) is 27.0. The van der Waals surface area contributed by atoms with Crippen molar-refractivity contribution in [3.63, 3.8) is 0 Å². The van der Waals surface area contributed by atoms with Gasteiger partial charge in [-0.25, -0.2) is 0 Å². The number of rotatable bonds is 4. The van der Waals surface area contributed by atoms with E-state index in [-0.39, 0.29) is 0 Å². The molecule has 0 radical (unpaired) electrons. The molecule has 2 N–H and O–H groups in total. The minimum atomic E-state index is 0.607. The molecule has 0 saturated heterocycles. The number of hydrogen-bond donors (Lipinski definition) is 1. The number of hydrogen-bond acceptors (Lipinski definition) is 2. The van der Waals surface area contributed by atoms with E-state index in [2.05, 4.69) is 11.8 Å². The minimum Gasteiger partial charge on any atom is -0.329 e. The van der Waals surface area contributed by atoms with Crippen molar-refractivity contribution in [3.05, 3.63) is 0 Å². The van der Waals surface area contributed by atoms with Crippen LogP contribution >= 0.6 is 0 Å². The molecule has 76 valence electrons. The van der Waals surface area contributed by atoms with Gasteiger partial charge in [0, 0.05) is 24.7 Å². The average Bonchev–Trinajstić information content (AvgIpc) is 2.81. The Morgan fingerprint density at radius 2 is 1.69 bits per heavy atom. The van der Waals surface area contributed by atoms with Crippen molar-refractivity contribution in [1.82, 2.24) is 4.90 Å². The van der Waals surface area contributed by atoms with Crippen LogP contribution in [0.4, 0.5) is 0 Å². The predicted octanol–water partition coefficient (Wildman–Crippen LogP) is 1.74. The van der Waals surface area contributed by atoms with Gasteiger partial charge < -0.3 is 5.73 Å². The monoisotopic (exact) mass is 182 g/mol. The largest absolute Gasteiger partial charge is 0.329 e. The zero-order chi connectivity index (χ0) is 9.26. The second-order valence-electron chi connectivity index (χ2n) is 4.70. The van der Waals surface area contributed by atoms with Gasteiger partial charge >= 0.3 is 0 Å². The van der Waals surface area contributed by atoms with Crippen molar-refractivity contribution in [1.29, 1.82) is 0 Å². The van der Waals surface area contributed by atoms with Gasteiger partial charge in [-0.05, 0) is 32.6 Å². The zero-order valence-electron chi connectivity index (χ0n) is 8.71. The summed E-state index contributed by atoms with van der Waals surface area (Å²) >= 11 is 0. The van der Waals surface area contributed by atoms with E-state index in [0.717, 1.165) is 18.6 Å². The topological polar surface area (TPSA) is 29.3 Å². The van der Waals surface area contributed by atoms with E-state index in [4.69, 9.17) is 5.73 Å². The molecule has 0 aliphatic heterocycles. The molecule has 2 fully saturated rings. The molecule has 2 nitrogen and oxygen atoms in total. The highest BCUT2D eigenvalue weighted by Gasteiger charge is 2.37. The lowest BCUT2D eigenvalue weighted by molar-refractivity contribution is 0.139. The van der Waals surface area contributed by atoms with Crippen molar-refractivity contribution in [2.75, 3.05) is 6.54 Å². The van der Waals surface area contributed by atoms with Crippen LogP contribution in [0.5, 0.6) is 0 Å². The fourth-order valence-electron chi connectivity index (χ4n) is 2.71. The van der Waals surface area contributed by atoms with Gasteiger partial charge in [0.25, 0.3) is 0 Å². The quantitative estimate of drug-likeness (QED) is 0.717. The molecule has 1 atom stereocenters. The lowest BCUT2D eigenvalue weighted by atomic mass is 10.1. The van der Waals surface area contributed by atoms with E-state index in [1.54, 1.807) is 0 Å². The van der Waals surface area contributed by atoms with Crippen molar-refractivity contribution in [3.8, 4) is 0 Å². The van der Waals surface area contributed by atoms with Gasteiger partial charge in [-0.3, -0.25) is 4.90 Å². The summed E-state index contributed by atoms with van der Waals surface area (Å²) in [5, 5.41) is 0. The van der Waals surface area contributed by atoms with Crippen LogP contribution in [0, 0.1) is 0 Å². The number of nitrogens with zero attached hydrogens (tertiary/aromatic N) is 1. The first-order valence-corrected chi connectivity index (χ1v) is 5.80. The highest BCUT2D eigenvalue weighted by molar-refractivity contribution is 4.93. The maximum atomic E-state index is 5.76. The van der Waals surface area contributed by atoms with E-state index < -0.39 is 0 Å². The lowest BCUT2D eigenvalue weighted by Crippen LogP contribution is -2.45. The molecule has 2 rings (SSSR count). The van der Waals surface area contributed by atoms with Crippen LogP contribution in [0.15, 0.2) is 0 Å². The molecule has 1 unspecified atom stereocenters. The fourth-order valence-corrected chi connectivity index (χ4v) is 2.71. The standard InChI is InChI=1S/C11H22N2/c1-9(8-12)13(11-6-7-11)10-4-2-3-5-10/h9-11H,2-8,12H2,1H3. The van der Waals surface area contributed by atoms with Crippen molar-refractivity contribution in [2.24, 2.45) is 5.73 Å². The molecule has 0 aromatic carbocycles. The van der Waals surface area contributed by atoms with Crippen molar-refractivity contribution < 1.29 is 0 Å². The van der Waals surface area contributed by atoms with E-state index in [0.29, 0.717) is 6.04 Å². The molecule has 0 aromatic heterocycles. The van der Waals surface area contributed by atoms with E-state index in [1.165, 1.54) is 38.5 Å². The van der Waals surface area contributed by atoms with E-state index in [9.17, 15) is 0 Å². The van der Waals surface area contributed by atoms with Crippen molar-refractivity contribution >= 4 is 0 Å². The van der Waals surface area contributed by atoms with Gasteiger partial charge in [0.15, 0.2) is 0 Å². The van der Waals surface area contributed by atoms with Gasteiger partial charge in [0.1, 0.15) is 0 Å². The summed E-state index contributed by atoms with van der Waals surface area (Å²) < 4.78 is 0. The summed E-state index contributed by atoms with van der Waals surface area (Å²) in [4.78, 5) is 2.72. The molecular formula is C11H22N2. The van der Waals surface area contributed by atoms with Crippen LogP contribution < -0.4 is 5.73 Å². The highest BCUT2D eigenvalue weighted by atomic mass is 15.2. The Morgan fingerprint density at radius 3 is 2.15 bits per heavy atom. The third kappa shape index (κ3) is 2.05. The van der Waals surface area contributed by atoms with Gasteiger partial charge in [-0.15, -0.1) is 0 Å². The first kappa shape index (κ1) is 9.47. The fraction of sp³-hybridized carbons (Fsp3) is 1.00. The van der Waals surface area contributed by atoms with Crippen LogP contribution in [0.3, 0.4) is 0 Å². The Bertz CT molecular complexity index is 159. The highest BCUT2D eigenvalue weighted by Crippen LogP contribution is 2.35. The number of nitrogens with two attached hydrogens (primary N) is 1. The summed E-state index contributed by atoms with van der Waals surface area (Å²) in [6, 6.07) is 2.36. The summed E-state index contributed by atoms with van der Waals surface area (Å²) in [5.41, 5.74) is 5.76. The van der Waals surface area contributed by atoms with Crippen LogP contribution in [-0.4, -0.2) is 29.6 Å². The Hall–Kier alpha value is -0.0800. The molecule has 0 bridgehead atoms. The first-order valence-electron chi connectivity index (χ1n) is 5.80. The third-order valence-corrected chi connectivity index (χ3v) is 3.56. The molecule has 0 aromatic rings. The molecule has 2 aliphatic rings. The van der Waals surface area contributed by atoms with E-state index >= 15 is 0 Å². The summed E-state index contributed by atoms with van der Waals surface area (Å²) in [7, 11) is 0. The molecule has 13 heavy (non-hydrogen) atoms. The Kier molecular flexibility index (Phi) is 2.89. The zero-order valence-corrected chi connectivity index (χ0v) is 8.71. The molecule has 2 saturated carbocycles. The van der Waals surface area contributed by atoms with Crippen LogP contribution in [0.2, 0.25) is 0 Å². The minimum absolute atomic E-state index is 0.607. The van der Waals surface area contributed by atoms with Gasteiger partial charge in [-0.1, -0.05) is 12.8 Å². The summed E-state index contributed by atoms with van der Waals surface area (Å²) in [6.45, 7) is 3.11. The Labute approximate surface area is 81.5 Å². The van der Waals surface area contributed by atoms with Crippen LogP contribution in [-0.2, 0) is 0 Å². The van der Waals surface area contributed by atoms with Crippen LogP contribution in [0.1, 0.15) is 45.4 Å². The Balaban J connectivity index is 1.95. The van der Waals surface area contributed by atoms with Crippen molar-refractivity contribution in [2.45, 2.75) is 63.6 Å². The Morgan fingerprint density at radius 1 is 1.15 bits per heavy atom. The lowest BCUT2D eigenvalue weighted by Gasteiger charge is -2.34. The maximum absolute atomic E-state index is 5.76. The maximum Gasteiger partial charge on any atom is 0.0195 e.